The van der Waals surface area contributed by atoms with Gasteiger partial charge in [0.15, 0.2) is 11.5 Å². The molecule has 0 saturated heterocycles. The van der Waals surface area contributed by atoms with E-state index in [9.17, 15) is 4.79 Å². The van der Waals surface area contributed by atoms with Crippen molar-refractivity contribution in [2.24, 2.45) is 17.8 Å². The molecule has 30 heavy (non-hydrogen) atoms. The fourth-order valence-electron chi connectivity index (χ4n) is 3.51. The summed E-state index contributed by atoms with van der Waals surface area (Å²) >= 11 is 0. The summed E-state index contributed by atoms with van der Waals surface area (Å²) in [6.07, 6.45) is 6.61. The highest BCUT2D eigenvalue weighted by Crippen LogP contribution is 2.28. The van der Waals surface area contributed by atoms with E-state index in [4.69, 9.17) is 14.2 Å². The van der Waals surface area contributed by atoms with Crippen molar-refractivity contribution in [1.82, 2.24) is 5.32 Å². The Kier molecular flexibility index (Phi) is 13.2. The Labute approximate surface area is 183 Å². The number of methoxy groups -OCH3 is 2. The van der Waals surface area contributed by atoms with Gasteiger partial charge in [0.05, 0.1) is 13.7 Å². The smallest absolute Gasteiger partial charge is 0.223 e. The van der Waals surface area contributed by atoms with Crippen LogP contribution in [-0.2, 0) is 16.1 Å². The molecule has 1 amide bonds. The third-order valence-corrected chi connectivity index (χ3v) is 5.38. The Morgan fingerprint density at radius 2 is 1.67 bits per heavy atom. The van der Waals surface area contributed by atoms with Gasteiger partial charge in [-0.1, -0.05) is 59.4 Å². The number of nitrogens with one attached hydrogen (secondary N) is 1. The fourth-order valence-corrected chi connectivity index (χ4v) is 3.51. The molecule has 172 valence electrons. The summed E-state index contributed by atoms with van der Waals surface area (Å²) < 4.78 is 16.3. The van der Waals surface area contributed by atoms with Gasteiger partial charge in [0, 0.05) is 32.6 Å². The average Bonchev–Trinajstić information content (AvgIpc) is 2.71. The number of carbonyl (C=O) groups excluding carboxylic acids is 1. The SMILES string of the molecule is COCCCOc1cc(CNC(=O)C(CCCCCC(C)C)C(C)C)ccc1OC. The van der Waals surface area contributed by atoms with E-state index in [1.54, 1.807) is 14.2 Å². The monoisotopic (exact) mass is 421 g/mol. The van der Waals surface area contributed by atoms with Gasteiger partial charge in [-0.15, -0.1) is 0 Å². The molecule has 0 bridgehead atoms. The molecule has 0 radical (unpaired) electrons. The Morgan fingerprint density at radius 3 is 2.30 bits per heavy atom. The molecule has 0 aliphatic carbocycles. The van der Waals surface area contributed by atoms with Crippen LogP contribution < -0.4 is 14.8 Å². The maximum absolute atomic E-state index is 12.8. The van der Waals surface area contributed by atoms with E-state index in [0.29, 0.717) is 37.2 Å². The van der Waals surface area contributed by atoms with Crippen LogP contribution in [0.3, 0.4) is 0 Å². The molecule has 1 aromatic rings. The molecule has 0 fully saturated rings. The van der Waals surface area contributed by atoms with Crippen molar-refractivity contribution >= 4 is 5.91 Å². The number of unbranched alkanes of at least 4 members (excludes halogenated alkanes) is 2. The summed E-state index contributed by atoms with van der Waals surface area (Å²) in [6.45, 7) is 10.5. The zero-order valence-electron chi connectivity index (χ0n) is 20.0. The van der Waals surface area contributed by atoms with Crippen molar-refractivity contribution in [2.75, 3.05) is 27.4 Å². The van der Waals surface area contributed by atoms with E-state index in [1.165, 1.54) is 19.3 Å². The Bertz CT molecular complexity index is 601. The highest BCUT2D eigenvalue weighted by atomic mass is 16.5. The summed E-state index contributed by atoms with van der Waals surface area (Å²) in [5.74, 6) is 2.70. The molecule has 5 nitrogen and oxygen atoms in total. The predicted octanol–water partition coefficient (Wildman–Crippen LogP) is 5.61. The zero-order valence-corrected chi connectivity index (χ0v) is 20.0. The second-order valence-electron chi connectivity index (χ2n) is 8.78. The molecule has 0 spiro atoms. The van der Waals surface area contributed by atoms with Crippen molar-refractivity contribution in [3.8, 4) is 11.5 Å². The van der Waals surface area contributed by atoms with Crippen LogP contribution in [0.4, 0.5) is 0 Å². The first kappa shape index (κ1) is 26.3. The van der Waals surface area contributed by atoms with E-state index in [1.807, 2.05) is 18.2 Å². The van der Waals surface area contributed by atoms with Crippen LogP contribution in [0.2, 0.25) is 0 Å². The Hall–Kier alpha value is -1.75. The van der Waals surface area contributed by atoms with E-state index < -0.39 is 0 Å². The molecule has 0 aliphatic rings. The van der Waals surface area contributed by atoms with Gasteiger partial charge in [-0.05, 0) is 36.0 Å². The zero-order chi connectivity index (χ0) is 22.4. The summed E-state index contributed by atoms with van der Waals surface area (Å²) in [4.78, 5) is 12.8. The number of carbonyl (C=O) groups is 1. The topological polar surface area (TPSA) is 56.8 Å². The summed E-state index contributed by atoms with van der Waals surface area (Å²) in [5.41, 5.74) is 1.00. The van der Waals surface area contributed by atoms with Gasteiger partial charge in [0.25, 0.3) is 0 Å². The van der Waals surface area contributed by atoms with Crippen LogP contribution in [0, 0.1) is 17.8 Å². The largest absolute Gasteiger partial charge is 0.493 e. The molecule has 1 rings (SSSR count). The third-order valence-electron chi connectivity index (χ3n) is 5.38. The molecule has 1 aromatic carbocycles. The number of benzene rings is 1. The lowest BCUT2D eigenvalue weighted by Gasteiger charge is -2.20. The van der Waals surface area contributed by atoms with Gasteiger partial charge < -0.3 is 19.5 Å². The first-order valence-electron chi connectivity index (χ1n) is 11.4. The highest BCUT2D eigenvalue weighted by molar-refractivity contribution is 5.78. The molecule has 1 atom stereocenters. The van der Waals surface area contributed by atoms with Gasteiger partial charge in [0.2, 0.25) is 5.91 Å². The number of hydrogen-bond acceptors (Lipinski definition) is 4. The molecule has 0 saturated carbocycles. The Morgan fingerprint density at radius 1 is 0.933 bits per heavy atom. The minimum atomic E-state index is 0.0621. The lowest BCUT2D eigenvalue weighted by atomic mass is 9.89. The first-order valence-corrected chi connectivity index (χ1v) is 11.4. The number of amides is 1. The fraction of sp³-hybridized carbons (Fsp3) is 0.720. The van der Waals surface area contributed by atoms with Crippen LogP contribution in [-0.4, -0.2) is 33.3 Å². The maximum atomic E-state index is 12.8. The van der Waals surface area contributed by atoms with Crippen LogP contribution in [0.15, 0.2) is 18.2 Å². The van der Waals surface area contributed by atoms with Crippen LogP contribution in [0.25, 0.3) is 0 Å². The van der Waals surface area contributed by atoms with Crippen LogP contribution in [0.5, 0.6) is 11.5 Å². The number of hydrogen-bond donors (Lipinski definition) is 1. The molecular weight excluding hydrogens is 378 g/mol. The van der Waals surface area contributed by atoms with Gasteiger partial charge in [-0.2, -0.15) is 0 Å². The molecule has 0 heterocycles. The predicted molar refractivity (Wildman–Crippen MR) is 123 cm³/mol. The third kappa shape index (κ3) is 10.3. The van der Waals surface area contributed by atoms with E-state index in [-0.39, 0.29) is 11.8 Å². The van der Waals surface area contributed by atoms with Crippen molar-refractivity contribution in [3.63, 3.8) is 0 Å². The van der Waals surface area contributed by atoms with Crippen molar-refractivity contribution in [1.29, 1.82) is 0 Å². The van der Waals surface area contributed by atoms with Gasteiger partial charge in [0.1, 0.15) is 0 Å². The van der Waals surface area contributed by atoms with E-state index in [2.05, 4.69) is 33.0 Å². The number of rotatable bonds is 16. The summed E-state index contributed by atoms with van der Waals surface area (Å²) in [5, 5.41) is 3.13. The highest BCUT2D eigenvalue weighted by Gasteiger charge is 2.21. The minimum absolute atomic E-state index is 0.0621. The van der Waals surface area contributed by atoms with E-state index >= 15 is 0 Å². The van der Waals surface area contributed by atoms with Gasteiger partial charge in [-0.25, -0.2) is 0 Å². The lowest BCUT2D eigenvalue weighted by Crippen LogP contribution is -2.33. The minimum Gasteiger partial charge on any atom is -0.493 e. The normalized spacial score (nSPS) is 12.3. The second kappa shape index (κ2) is 15.1. The van der Waals surface area contributed by atoms with Crippen molar-refractivity contribution < 1.29 is 19.0 Å². The quantitative estimate of drug-likeness (QED) is 0.353. The van der Waals surface area contributed by atoms with E-state index in [0.717, 1.165) is 30.7 Å². The molecule has 1 unspecified atom stereocenters. The molecule has 0 aliphatic heterocycles. The van der Waals surface area contributed by atoms with Gasteiger partial charge in [-0.3, -0.25) is 4.79 Å². The van der Waals surface area contributed by atoms with Gasteiger partial charge >= 0.3 is 0 Å². The standard InChI is InChI=1S/C25H43NO4/c1-19(2)11-8-7-9-12-22(20(3)4)25(27)26-18-21-13-14-23(29-6)24(17-21)30-16-10-15-28-5/h13-14,17,19-20,22H,7-12,15-16,18H2,1-6H3,(H,26,27). The first-order chi connectivity index (χ1) is 14.4. The molecular formula is C25H43NO4. The Balaban J connectivity index is 2.57. The number of ether oxygens (including phenoxy) is 3. The molecule has 5 heteroatoms. The van der Waals surface area contributed by atoms with Crippen LogP contribution in [0.1, 0.15) is 71.8 Å². The maximum Gasteiger partial charge on any atom is 0.223 e. The second-order valence-corrected chi connectivity index (χ2v) is 8.78. The molecule has 0 aromatic heterocycles. The van der Waals surface area contributed by atoms with Crippen LogP contribution >= 0.6 is 0 Å². The summed E-state index contributed by atoms with van der Waals surface area (Å²) in [7, 11) is 3.31. The average molecular weight is 422 g/mol. The van der Waals surface area contributed by atoms with Crippen molar-refractivity contribution in [2.45, 2.75) is 72.8 Å². The molecule has 1 N–H and O–H groups in total. The lowest BCUT2D eigenvalue weighted by molar-refractivity contribution is -0.126. The summed E-state index contributed by atoms with van der Waals surface area (Å²) in [6, 6.07) is 5.81. The van der Waals surface area contributed by atoms with Crippen molar-refractivity contribution in [3.05, 3.63) is 23.8 Å².